The van der Waals surface area contributed by atoms with Gasteiger partial charge < -0.3 is 11.1 Å². The first kappa shape index (κ1) is 15.0. The molecular formula is C11H11Cl2N5OS. The molecule has 0 atom stereocenters. The summed E-state index contributed by atoms with van der Waals surface area (Å²) in [6.07, 6.45) is 0. The summed E-state index contributed by atoms with van der Waals surface area (Å²) in [5.74, 6) is 0.0724. The molecule has 0 unspecified atom stereocenters. The van der Waals surface area contributed by atoms with Gasteiger partial charge in [-0.05, 0) is 18.6 Å². The lowest BCUT2D eigenvalue weighted by Crippen LogP contribution is -2.15. The summed E-state index contributed by atoms with van der Waals surface area (Å²) >= 11 is 13.3. The van der Waals surface area contributed by atoms with Gasteiger partial charge in [-0.1, -0.05) is 41.0 Å². The summed E-state index contributed by atoms with van der Waals surface area (Å²) in [5.41, 5.74) is 6.63. The Morgan fingerprint density at radius 3 is 2.90 bits per heavy atom. The van der Waals surface area contributed by atoms with Gasteiger partial charge in [0.05, 0.1) is 21.5 Å². The van der Waals surface area contributed by atoms with E-state index in [1.54, 1.807) is 12.1 Å². The van der Waals surface area contributed by atoms with Gasteiger partial charge in [0, 0.05) is 0 Å². The molecular weight excluding hydrogens is 321 g/mol. The fourth-order valence-corrected chi connectivity index (χ4v) is 2.47. The van der Waals surface area contributed by atoms with Crippen molar-refractivity contribution < 1.29 is 4.79 Å². The van der Waals surface area contributed by atoms with Gasteiger partial charge in [-0.2, -0.15) is 4.98 Å². The Labute approximate surface area is 129 Å². The average Bonchev–Trinajstić information content (AvgIpc) is 2.83. The van der Waals surface area contributed by atoms with Crippen LogP contribution in [0.1, 0.15) is 5.56 Å². The zero-order valence-corrected chi connectivity index (χ0v) is 12.7. The number of carbonyl (C=O) groups excluding carboxylic acids is 1. The number of halogens is 2. The van der Waals surface area contributed by atoms with Crippen LogP contribution in [0.4, 0.5) is 11.6 Å². The van der Waals surface area contributed by atoms with Crippen molar-refractivity contribution in [3.05, 3.63) is 27.7 Å². The monoisotopic (exact) mass is 331 g/mol. The predicted molar refractivity (Wildman–Crippen MR) is 81.3 cm³/mol. The first-order valence-electron chi connectivity index (χ1n) is 5.52. The van der Waals surface area contributed by atoms with Gasteiger partial charge in [-0.3, -0.25) is 4.79 Å². The smallest absolute Gasteiger partial charge is 0.234 e. The van der Waals surface area contributed by atoms with E-state index in [0.717, 1.165) is 17.3 Å². The normalized spacial score (nSPS) is 10.6. The molecule has 20 heavy (non-hydrogen) atoms. The number of aromatic amines is 1. The van der Waals surface area contributed by atoms with Crippen molar-refractivity contribution in [3.8, 4) is 0 Å². The number of nitrogen functional groups attached to an aromatic ring is 1. The maximum absolute atomic E-state index is 11.9. The highest BCUT2D eigenvalue weighted by molar-refractivity contribution is 7.99. The third-order valence-corrected chi connectivity index (χ3v) is 4.01. The second-order valence-electron chi connectivity index (χ2n) is 3.89. The van der Waals surface area contributed by atoms with E-state index in [1.807, 2.05) is 6.92 Å². The van der Waals surface area contributed by atoms with Crippen LogP contribution in [0.5, 0.6) is 0 Å². The van der Waals surface area contributed by atoms with Crippen molar-refractivity contribution in [3.63, 3.8) is 0 Å². The van der Waals surface area contributed by atoms with Crippen LogP contribution >= 0.6 is 35.0 Å². The van der Waals surface area contributed by atoms with Crippen molar-refractivity contribution in [2.75, 3.05) is 16.8 Å². The number of aromatic nitrogens is 3. The summed E-state index contributed by atoms with van der Waals surface area (Å²) in [6, 6.07) is 3.47. The second kappa shape index (κ2) is 6.34. The average molecular weight is 332 g/mol. The minimum Gasteiger partial charge on any atom is -0.368 e. The molecule has 9 heteroatoms. The number of aryl methyl sites for hydroxylation is 1. The van der Waals surface area contributed by atoms with Crippen LogP contribution in [0.15, 0.2) is 17.3 Å². The van der Waals surface area contributed by atoms with Gasteiger partial charge in [-0.15, -0.1) is 5.10 Å². The van der Waals surface area contributed by atoms with Crippen LogP contribution in [-0.2, 0) is 4.79 Å². The minimum atomic E-state index is -0.257. The maximum Gasteiger partial charge on any atom is 0.234 e. The highest BCUT2D eigenvalue weighted by Crippen LogP contribution is 2.33. The van der Waals surface area contributed by atoms with Gasteiger partial charge in [0.25, 0.3) is 0 Å². The number of anilines is 2. The lowest BCUT2D eigenvalue weighted by molar-refractivity contribution is -0.113. The Morgan fingerprint density at radius 1 is 1.50 bits per heavy atom. The molecule has 0 aliphatic rings. The third kappa shape index (κ3) is 3.56. The largest absolute Gasteiger partial charge is 0.368 e. The maximum atomic E-state index is 11.9. The fourth-order valence-electron chi connectivity index (χ4n) is 1.40. The molecule has 0 spiro atoms. The number of benzene rings is 1. The molecule has 1 amide bonds. The summed E-state index contributed by atoms with van der Waals surface area (Å²) < 4.78 is 0. The first-order valence-corrected chi connectivity index (χ1v) is 7.26. The van der Waals surface area contributed by atoms with E-state index >= 15 is 0 Å². The standard InChI is InChI=1S/C11H11Cl2N5OS/c1-5-2-3-6(12)9(8(5)13)15-7(19)4-20-11-16-10(14)17-18-11/h2-3H,4H2,1H3,(H,15,19)(H3,14,16,17,18). The van der Waals surface area contributed by atoms with Crippen LogP contribution in [-0.4, -0.2) is 26.8 Å². The minimum absolute atomic E-state index is 0.123. The van der Waals surface area contributed by atoms with Crippen LogP contribution in [0.25, 0.3) is 0 Å². The molecule has 106 valence electrons. The molecule has 1 aromatic carbocycles. The highest BCUT2D eigenvalue weighted by Gasteiger charge is 2.13. The van der Waals surface area contributed by atoms with Crippen molar-refractivity contribution in [1.29, 1.82) is 0 Å². The molecule has 0 aliphatic carbocycles. The fraction of sp³-hybridized carbons (Fsp3) is 0.182. The third-order valence-electron chi connectivity index (χ3n) is 2.36. The number of hydrogen-bond acceptors (Lipinski definition) is 5. The molecule has 0 saturated heterocycles. The molecule has 0 radical (unpaired) electrons. The van der Waals surface area contributed by atoms with Gasteiger partial charge in [0.1, 0.15) is 0 Å². The second-order valence-corrected chi connectivity index (χ2v) is 5.62. The quantitative estimate of drug-likeness (QED) is 0.748. The molecule has 0 saturated carbocycles. The lowest BCUT2D eigenvalue weighted by atomic mass is 10.2. The summed E-state index contributed by atoms with van der Waals surface area (Å²) in [5, 5.41) is 10.2. The van der Waals surface area contributed by atoms with Crippen molar-refractivity contribution >= 4 is 52.5 Å². The number of nitrogens with zero attached hydrogens (tertiary/aromatic N) is 2. The van der Waals surface area contributed by atoms with E-state index in [-0.39, 0.29) is 17.6 Å². The Bertz CT molecular complexity index is 646. The first-order chi connectivity index (χ1) is 9.47. The van der Waals surface area contributed by atoms with E-state index in [1.165, 1.54) is 0 Å². The summed E-state index contributed by atoms with van der Waals surface area (Å²) in [7, 11) is 0. The van der Waals surface area contributed by atoms with Gasteiger partial charge in [0.2, 0.25) is 17.0 Å². The molecule has 4 N–H and O–H groups in total. The van der Waals surface area contributed by atoms with Gasteiger partial charge in [-0.25, -0.2) is 5.10 Å². The van der Waals surface area contributed by atoms with E-state index < -0.39 is 0 Å². The van der Waals surface area contributed by atoms with Crippen LogP contribution in [0.3, 0.4) is 0 Å². The number of hydrogen-bond donors (Lipinski definition) is 3. The van der Waals surface area contributed by atoms with Crippen molar-refractivity contribution in [2.24, 2.45) is 0 Å². The SMILES string of the molecule is Cc1ccc(Cl)c(NC(=O)CSc2n[nH]c(N)n2)c1Cl. The van der Waals surface area contributed by atoms with Crippen molar-refractivity contribution in [1.82, 2.24) is 15.2 Å². The molecule has 1 heterocycles. The van der Waals surface area contributed by atoms with E-state index in [0.29, 0.717) is 20.9 Å². The van der Waals surface area contributed by atoms with Crippen molar-refractivity contribution in [2.45, 2.75) is 12.1 Å². The number of H-pyrrole nitrogens is 1. The Hall–Kier alpha value is -1.44. The zero-order valence-electron chi connectivity index (χ0n) is 10.4. The van der Waals surface area contributed by atoms with E-state index in [9.17, 15) is 4.79 Å². The van der Waals surface area contributed by atoms with Gasteiger partial charge >= 0.3 is 0 Å². The number of carbonyl (C=O) groups is 1. The lowest BCUT2D eigenvalue weighted by Gasteiger charge is -2.10. The molecule has 1 aromatic heterocycles. The molecule has 0 aliphatic heterocycles. The molecule has 6 nitrogen and oxygen atoms in total. The Kier molecular flexibility index (Phi) is 4.74. The molecule has 0 fully saturated rings. The highest BCUT2D eigenvalue weighted by atomic mass is 35.5. The van der Waals surface area contributed by atoms with Crippen LogP contribution in [0, 0.1) is 6.92 Å². The number of thioether (sulfide) groups is 1. The number of nitrogens with one attached hydrogen (secondary N) is 2. The molecule has 0 bridgehead atoms. The summed E-state index contributed by atoms with van der Waals surface area (Å²) in [6.45, 7) is 1.83. The number of nitrogens with two attached hydrogens (primary N) is 1. The number of rotatable bonds is 4. The molecule has 2 rings (SSSR count). The van der Waals surface area contributed by atoms with E-state index in [2.05, 4.69) is 20.5 Å². The Morgan fingerprint density at radius 2 is 2.25 bits per heavy atom. The predicted octanol–water partition coefficient (Wildman–Crippen LogP) is 2.73. The summed E-state index contributed by atoms with van der Waals surface area (Å²) in [4.78, 5) is 15.7. The molecule has 2 aromatic rings. The van der Waals surface area contributed by atoms with Crippen LogP contribution in [0.2, 0.25) is 10.0 Å². The zero-order chi connectivity index (χ0) is 14.7. The van der Waals surface area contributed by atoms with Crippen LogP contribution < -0.4 is 11.1 Å². The number of amides is 1. The van der Waals surface area contributed by atoms with Gasteiger partial charge in [0.15, 0.2) is 0 Å². The topological polar surface area (TPSA) is 96.7 Å². The Balaban J connectivity index is 2.00. The van der Waals surface area contributed by atoms with E-state index in [4.69, 9.17) is 28.9 Å².